The Morgan fingerprint density at radius 1 is 1.21 bits per heavy atom. The number of hydrogen-bond donors (Lipinski definition) is 1. The smallest absolute Gasteiger partial charge is 0.244 e. The molecule has 1 amide bonds. The van der Waals surface area contributed by atoms with Gasteiger partial charge in [0, 0.05) is 23.6 Å². The number of ether oxygens (including phenoxy) is 4. The van der Waals surface area contributed by atoms with Crippen molar-refractivity contribution in [3.63, 3.8) is 0 Å². The fourth-order valence-corrected chi connectivity index (χ4v) is 3.16. The molecule has 2 aromatic carbocycles. The van der Waals surface area contributed by atoms with E-state index < -0.39 is 0 Å². The SMILES string of the molecule is CCOc1cc2c(cc1/C=C/C(=O)NCCOc1ccccc1OC)OC(C)C2. The molecular weight excluding hydrogens is 370 g/mol. The number of para-hydroxylation sites is 2. The van der Waals surface area contributed by atoms with Gasteiger partial charge in [-0.3, -0.25) is 4.79 Å². The normalized spacial score (nSPS) is 14.9. The minimum Gasteiger partial charge on any atom is -0.493 e. The highest BCUT2D eigenvalue weighted by molar-refractivity contribution is 5.92. The highest BCUT2D eigenvalue weighted by Gasteiger charge is 2.21. The van der Waals surface area contributed by atoms with Crippen molar-refractivity contribution in [3.05, 3.63) is 53.6 Å². The minimum absolute atomic E-state index is 0.158. The van der Waals surface area contributed by atoms with E-state index in [1.54, 1.807) is 13.2 Å². The number of rotatable bonds is 9. The lowest BCUT2D eigenvalue weighted by molar-refractivity contribution is -0.116. The largest absolute Gasteiger partial charge is 0.493 e. The Kier molecular flexibility index (Phi) is 7.00. The van der Waals surface area contributed by atoms with Gasteiger partial charge in [-0.1, -0.05) is 12.1 Å². The molecule has 0 spiro atoms. The molecule has 1 unspecified atom stereocenters. The number of carbonyl (C=O) groups is 1. The average Bonchev–Trinajstić information content (AvgIpc) is 3.08. The maximum Gasteiger partial charge on any atom is 0.244 e. The van der Waals surface area contributed by atoms with Gasteiger partial charge in [-0.2, -0.15) is 0 Å². The summed E-state index contributed by atoms with van der Waals surface area (Å²) < 4.78 is 22.4. The van der Waals surface area contributed by atoms with Crippen LogP contribution in [0.5, 0.6) is 23.0 Å². The predicted molar refractivity (Wildman–Crippen MR) is 112 cm³/mol. The fraction of sp³-hybridized carbons (Fsp3) is 0.348. The molecule has 29 heavy (non-hydrogen) atoms. The lowest BCUT2D eigenvalue weighted by Gasteiger charge is -2.11. The number of fused-ring (bicyclic) bond motifs is 1. The average molecular weight is 397 g/mol. The van der Waals surface area contributed by atoms with Crippen molar-refractivity contribution in [1.82, 2.24) is 5.32 Å². The zero-order valence-corrected chi connectivity index (χ0v) is 17.1. The summed E-state index contributed by atoms with van der Waals surface area (Å²) in [5, 5.41) is 2.81. The lowest BCUT2D eigenvalue weighted by atomic mass is 10.1. The van der Waals surface area contributed by atoms with Gasteiger partial charge in [0.1, 0.15) is 24.2 Å². The van der Waals surface area contributed by atoms with E-state index in [1.807, 2.05) is 50.2 Å². The molecule has 1 N–H and O–H groups in total. The molecule has 2 aromatic rings. The molecule has 6 heteroatoms. The van der Waals surface area contributed by atoms with E-state index in [0.29, 0.717) is 31.3 Å². The Morgan fingerprint density at radius 2 is 2.00 bits per heavy atom. The van der Waals surface area contributed by atoms with Crippen LogP contribution < -0.4 is 24.3 Å². The monoisotopic (exact) mass is 397 g/mol. The van der Waals surface area contributed by atoms with Gasteiger partial charge >= 0.3 is 0 Å². The number of nitrogens with one attached hydrogen (secondary N) is 1. The maximum atomic E-state index is 12.2. The minimum atomic E-state index is -0.203. The molecule has 1 aliphatic rings. The third-order valence-corrected chi connectivity index (χ3v) is 4.47. The Balaban J connectivity index is 1.54. The van der Waals surface area contributed by atoms with Crippen LogP contribution in [0, 0.1) is 0 Å². The highest BCUT2D eigenvalue weighted by atomic mass is 16.5. The van der Waals surface area contributed by atoms with E-state index in [1.165, 1.54) is 6.08 Å². The number of hydrogen-bond acceptors (Lipinski definition) is 5. The first kappa shape index (κ1) is 20.6. The Hall–Kier alpha value is -3.15. The molecule has 1 heterocycles. The number of methoxy groups -OCH3 is 1. The first-order chi connectivity index (χ1) is 14.1. The first-order valence-electron chi connectivity index (χ1n) is 9.78. The standard InChI is InChI=1S/C23H27NO5/c1-4-27-21-15-18-13-16(2)29-22(18)14-17(21)9-10-23(25)24-11-12-28-20-8-6-5-7-19(20)26-3/h5-10,14-16H,4,11-13H2,1-3H3,(H,24,25)/b10-9+. The number of carbonyl (C=O) groups excluding carboxylic acids is 1. The molecule has 0 bridgehead atoms. The second-order valence-corrected chi connectivity index (χ2v) is 6.69. The molecule has 0 fully saturated rings. The second-order valence-electron chi connectivity index (χ2n) is 6.69. The molecule has 1 atom stereocenters. The number of amides is 1. The zero-order chi connectivity index (χ0) is 20.6. The molecular formula is C23H27NO5. The molecule has 0 aliphatic carbocycles. The van der Waals surface area contributed by atoms with Crippen LogP contribution in [0.2, 0.25) is 0 Å². The zero-order valence-electron chi connectivity index (χ0n) is 17.1. The first-order valence-corrected chi connectivity index (χ1v) is 9.78. The van der Waals surface area contributed by atoms with E-state index in [9.17, 15) is 4.79 Å². The van der Waals surface area contributed by atoms with Crippen molar-refractivity contribution in [1.29, 1.82) is 0 Å². The van der Waals surface area contributed by atoms with Gasteiger partial charge in [0.15, 0.2) is 11.5 Å². The van der Waals surface area contributed by atoms with Gasteiger partial charge < -0.3 is 24.3 Å². The molecule has 0 saturated carbocycles. The summed E-state index contributed by atoms with van der Waals surface area (Å²) in [5.74, 6) is 2.72. The summed E-state index contributed by atoms with van der Waals surface area (Å²) in [6.07, 6.45) is 4.26. The van der Waals surface area contributed by atoms with Crippen LogP contribution in [0.15, 0.2) is 42.5 Å². The van der Waals surface area contributed by atoms with E-state index in [4.69, 9.17) is 18.9 Å². The molecule has 154 valence electrons. The summed E-state index contributed by atoms with van der Waals surface area (Å²) in [6, 6.07) is 11.3. The van der Waals surface area contributed by atoms with Crippen LogP contribution in [0.4, 0.5) is 0 Å². The van der Waals surface area contributed by atoms with Crippen LogP contribution in [0.25, 0.3) is 6.08 Å². The third-order valence-electron chi connectivity index (χ3n) is 4.47. The van der Waals surface area contributed by atoms with Gasteiger partial charge in [0.05, 0.1) is 20.3 Å². The lowest BCUT2D eigenvalue weighted by Crippen LogP contribution is -2.26. The highest BCUT2D eigenvalue weighted by Crippen LogP contribution is 2.35. The van der Waals surface area contributed by atoms with Crippen LogP contribution >= 0.6 is 0 Å². The Labute approximate surface area is 171 Å². The Bertz CT molecular complexity index is 878. The predicted octanol–water partition coefficient (Wildman–Crippen LogP) is 3.63. The summed E-state index contributed by atoms with van der Waals surface area (Å²) in [7, 11) is 1.59. The Morgan fingerprint density at radius 3 is 2.76 bits per heavy atom. The van der Waals surface area contributed by atoms with Crippen LogP contribution in [0.1, 0.15) is 25.0 Å². The van der Waals surface area contributed by atoms with Crippen LogP contribution in [-0.2, 0) is 11.2 Å². The van der Waals surface area contributed by atoms with Crippen LogP contribution in [-0.4, -0.2) is 38.9 Å². The van der Waals surface area contributed by atoms with E-state index in [-0.39, 0.29) is 12.0 Å². The second kappa shape index (κ2) is 9.87. The summed E-state index contributed by atoms with van der Waals surface area (Å²) in [6.45, 7) is 5.26. The molecule has 1 aliphatic heterocycles. The molecule has 3 rings (SSSR count). The summed E-state index contributed by atoms with van der Waals surface area (Å²) >= 11 is 0. The third kappa shape index (κ3) is 5.44. The van der Waals surface area contributed by atoms with E-state index >= 15 is 0 Å². The molecule has 0 aromatic heterocycles. The van der Waals surface area contributed by atoms with Crippen LogP contribution in [0.3, 0.4) is 0 Å². The number of benzene rings is 2. The van der Waals surface area contributed by atoms with Gasteiger partial charge in [-0.05, 0) is 44.2 Å². The van der Waals surface area contributed by atoms with E-state index in [0.717, 1.165) is 29.0 Å². The van der Waals surface area contributed by atoms with Gasteiger partial charge in [0.2, 0.25) is 5.91 Å². The molecule has 0 saturated heterocycles. The van der Waals surface area contributed by atoms with Gasteiger partial charge in [-0.15, -0.1) is 0 Å². The van der Waals surface area contributed by atoms with Crippen molar-refractivity contribution in [3.8, 4) is 23.0 Å². The van der Waals surface area contributed by atoms with Gasteiger partial charge in [0.25, 0.3) is 0 Å². The van der Waals surface area contributed by atoms with Crippen molar-refractivity contribution < 1.29 is 23.7 Å². The van der Waals surface area contributed by atoms with E-state index in [2.05, 4.69) is 5.32 Å². The molecule has 6 nitrogen and oxygen atoms in total. The van der Waals surface area contributed by atoms with Crippen molar-refractivity contribution in [2.45, 2.75) is 26.4 Å². The van der Waals surface area contributed by atoms with Gasteiger partial charge in [-0.25, -0.2) is 0 Å². The fourth-order valence-electron chi connectivity index (χ4n) is 3.16. The van der Waals surface area contributed by atoms with Crippen molar-refractivity contribution in [2.24, 2.45) is 0 Å². The quantitative estimate of drug-likeness (QED) is 0.517. The van der Waals surface area contributed by atoms with Crippen molar-refractivity contribution in [2.75, 3.05) is 26.9 Å². The topological polar surface area (TPSA) is 66.0 Å². The summed E-state index contributed by atoms with van der Waals surface area (Å²) in [4.78, 5) is 12.2. The van der Waals surface area contributed by atoms with Crippen molar-refractivity contribution >= 4 is 12.0 Å². The maximum absolute atomic E-state index is 12.2. The summed E-state index contributed by atoms with van der Waals surface area (Å²) in [5.41, 5.74) is 1.95. The molecule has 0 radical (unpaired) electrons.